The molecule has 3 rings (SSSR count). The number of ether oxygens (including phenoxy) is 2. The highest BCUT2D eigenvalue weighted by molar-refractivity contribution is 7.89. The van der Waals surface area contributed by atoms with E-state index in [1.807, 2.05) is 24.3 Å². The van der Waals surface area contributed by atoms with Crippen LogP contribution in [0.2, 0.25) is 0 Å². The van der Waals surface area contributed by atoms with Crippen molar-refractivity contribution in [1.82, 2.24) is 9.62 Å². The van der Waals surface area contributed by atoms with Crippen LogP contribution in [0, 0.1) is 5.92 Å². The molecule has 0 aliphatic carbocycles. The number of hydrogen-bond donors (Lipinski definition) is 1. The van der Waals surface area contributed by atoms with Crippen molar-refractivity contribution in [2.24, 2.45) is 5.92 Å². The molecule has 7 heteroatoms. The van der Waals surface area contributed by atoms with E-state index in [9.17, 15) is 8.42 Å². The van der Waals surface area contributed by atoms with Gasteiger partial charge in [0.1, 0.15) is 11.5 Å². The highest BCUT2D eigenvalue weighted by atomic mass is 32.2. The monoisotopic (exact) mass is 430 g/mol. The van der Waals surface area contributed by atoms with Crippen molar-refractivity contribution in [1.29, 1.82) is 0 Å². The number of rotatable bonds is 9. The van der Waals surface area contributed by atoms with Gasteiger partial charge in [0, 0.05) is 19.6 Å². The molecule has 1 atom stereocenters. The van der Waals surface area contributed by atoms with E-state index in [-0.39, 0.29) is 4.90 Å². The minimum absolute atomic E-state index is 0.262. The van der Waals surface area contributed by atoms with Crippen LogP contribution in [0.3, 0.4) is 0 Å². The van der Waals surface area contributed by atoms with E-state index in [4.69, 9.17) is 9.47 Å². The average molecular weight is 431 g/mol. The van der Waals surface area contributed by atoms with Crippen LogP contribution in [0.15, 0.2) is 59.5 Å². The van der Waals surface area contributed by atoms with Gasteiger partial charge in [-0.3, -0.25) is 4.90 Å². The number of nitrogens with zero attached hydrogens (tertiary/aromatic N) is 1. The van der Waals surface area contributed by atoms with Crippen molar-refractivity contribution in [3.8, 4) is 11.5 Å². The first-order valence-electron chi connectivity index (χ1n) is 10.2. The Morgan fingerprint density at radius 1 is 1.03 bits per heavy atom. The topological polar surface area (TPSA) is 67.9 Å². The summed E-state index contributed by atoms with van der Waals surface area (Å²) in [4.78, 5) is 2.63. The Morgan fingerprint density at radius 3 is 2.30 bits per heavy atom. The largest absolute Gasteiger partial charge is 0.497 e. The first-order valence-corrected chi connectivity index (χ1v) is 11.6. The molecule has 1 aliphatic rings. The van der Waals surface area contributed by atoms with Crippen LogP contribution in [-0.2, 0) is 10.0 Å². The minimum atomic E-state index is -3.51. The summed E-state index contributed by atoms with van der Waals surface area (Å²) in [6, 6.07) is 14.4. The molecule has 1 aliphatic heterocycles. The summed E-state index contributed by atoms with van der Waals surface area (Å²) in [5, 5.41) is 0. The van der Waals surface area contributed by atoms with Crippen LogP contribution in [0.1, 0.15) is 18.4 Å². The van der Waals surface area contributed by atoms with Gasteiger partial charge in [-0.15, -0.1) is 0 Å². The number of nitrogens with one attached hydrogen (secondary N) is 1. The third-order valence-electron chi connectivity index (χ3n) is 5.32. The fourth-order valence-electron chi connectivity index (χ4n) is 3.60. The molecule has 0 aromatic heterocycles. The summed E-state index contributed by atoms with van der Waals surface area (Å²) in [5.74, 6) is 1.80. The van der Waals surface area contributed by atoms with E-state index < -0.39 is 10.0 Å². The second kappa shape index (κ2) is 10.6. The van der Waals surface area contributed by atoms with E-state index >= 15 is 0 Å². The predicted octanol–water partition coefficient (Wildman–Crippen LogP) is 3.41. The SMILES string of the molecule is COc1ccc(/C=C/CN2CCCC(CNS(=O)(=O)c3ccc(OC)cc3)C2)cc1. The zero-order chi connectivity index (χ0) is 21.4. The second-order valence-electron chi connectivity index (χ2n) is 7.47. The van der Waals surface area contributed by atoms with Crippen molar-refractivity contribution in [3.63, 3.8) is 0 Å². The summed E-state index contributed by atoms with van der Waals surface area (Å²) in [7, 11) is -0.289. The molecule has 1 saturated heterocycles. The number of methoxy groups -OCH3 is 2. The van der Waals surface area contributed by atoms with Gasteiger partial charge in [-0.05, 0) is 67.3 Å². The van der Waals surface area contributed by atoms with Gasteiger partial charge >= 0.3 is 0 Å². The quantitative estimate of drug-likeness (QED) is 0.660. The van der Waals surface area contributed by atoms with E-state index in [1.165, 1.54) is 0 Å². The van der Waals surface area contributed by atoms with Crippen LogP contribution in [0.25, 0.3) is 6.08 Å². The Kier molecular flexibility index (Phi) is 7.90. The molecule has 0 saturated carbocycles. The van der Waals surface area contributed by atoms with Gasteiger partial charge in [0.05, 0.1) is 19.1 Å². The summed E-state index contributed by atoms with van der Waals surface area (Å²) in [6.07, 6.45) is 6.37. The molecule has 2 aromatic rings. The first kappa shape index (κ1) is 22.3. The number of piperidine rings is 1. The number of likely N-dealkylation sites (tertiary alicyclic amines) is 1. The fraction of sp³-hybridized carbons (Fsp3) is 0.391. The Balaban J connectivity index is 1.48. The molecule has 0 spiro atoms. The zero-order valence-corrected chi connectivity index (χ0v) is 18.4. The maximum atomic E-state index is 12.5. The third kappa shape index (κ3) is 6.32. The molecule has 6 nitrogen and oxygen atoms in total. The highest BCUT2D eigenvalue weighted by Gasteiger charge is 2.22. The van der Waals surface area contributed by atoms with Gasteiger partial charge in [0.25, 0.3) is 0 Å². The summed E-state index contributed by atoms with van der Waals surface area (Å²) < 4.78 is 38.1. The third-order valence-corrected chi connectivity index (χ3v) is 6.76. The maximum Gasteiger partial charge on any atom is 0.240 e. The highest BCUT2D eigenvalue weighted by Crippen LogP contribution is 2.19. The summed E-state index contributed by atoms with van der Waals surface area (Å²) in [5.41, 5.74) is 1.14. The summed E-state index contributed by atoms with van der Waals surface area (Å²) in [6.45, 7) is 3.23. The van der Waals surface area contributed by atoms with E-state index in [0.717, 1.165) is 43.8 Å². The Labute approximate surface area is 179 Å². The van der Waals surface area contributed by atoms with Crippen molar-refractivity contribution in [2.75, 3.05) is 40.4 Å². The molecule has 0 radical (unpaired) electrons. The molecule has 2 aromatic carbocycles. The molecule has 30 heavy (non-hydrogen) atoms. The normalized spacial score (nSPS) is 17.9. The van der Waals surface area contributed by atoms with Gasteiger partial charge in [-0.2, -0.15) is 0 Å². The van der Waals surface area contributed by atoms with Crippen LogP contribution >= 0.6 is 0 Å². The second-order valence-corrected chi connectivity index (χ2v) is 9.24. The minimum Gasteiger partial charge on any atom is -0.497 e. The number of benzene rings is 2. The van der Waals surface area contributed by atoms with Gasteiger partial charge in [0.2, 0.25) is 10.0 Å². The van der Waals surface area contributed by atoms with Crippen molar-refractivity contribution < 1.29 is 17.9 Å². The zero-order valence-electron chi connectivity index (χ0n) is 17.6. The molecule has 0 bridgehead atoms. The van der Waals surface area contributed by atoms with E-state index in [0.29, 0.717) is 18.2 Å². The molecule has 1 heterocycles. The Bertz CT molecular complexity index is 925. The van der Waals surface area contributed by atoms with Crippen molar-refractivity contribution in [2.45, 2.75) is 17.7 Å². The molecule has 0 amide bonds. The van der Waals surface area contributed by atoms with Gasteiger partial charge in [-0.1, -0.05) is 24.3 Å². The lowest BCUT2D eigenvalue weighted by atomic mass is 9.98. The van der Waals surface area contributed by atoms with Crippen molar-refractivity contribution >= 4 is 16.1 Å². The van der Waals surface area contributed by atoms with Crippen LogP contribution in [-0.4, -0.2) is 53.7 Å². The van der Waals surface area contributed by atoms with Crippen molar-refractivity contribution in [3.05, 3.63) is 60.2 Å². The Hall–Kier alpha value is -2.35. The van der Waals surface area contributed by atoms with Gasteiger partial charge < -0.3 is 9.47 Å². The molecule has 1 N–H and O–H groups in total. The molecule has 1 fully saturated rings. The smallest absolute Gasteiger partial charge is 0.240 e. The van der Waals surface area contributed by atoms with E-state index in [2.05, 4.69) is 21.8 Å². The standard InChI is InChI=1S/C23H30N2O4S/c1-28-21-9-7-19(8-10-21)5-3-15-25-16-4-6-20(18-25)17-24-30(26,27)23-13-11-22(29-2)12-14-23/h3,5,7-14,20,24H,4,6,15-18H2,1-2H3/b5-3+. The number of sulfonamides is 1. The molecular formula is C23H30N2O4S. The van der Waals surface area contributed by atoms with Crippen LogP contribution < -0.4 is 14.2 Å². The maximum absolute atomic E-state index is 12.5. The first-order chi connectivity index (χ1) is 14.5. The molecular weight excluding hydrogens is 400 g/mol. The van der Waals surface area contributed by atoms with Gasteiger partial charge in [-0.25, -0.2) is 13.1 Å². The molecule has 162 valence electrons. The summed E-state index contributed by atoms with van der Waals surface area (Å²) >= 11 is 0. The van der Waals surface area contributed by atoms with E-state index in [1.54, 1.807) is 38.5 Å². The lowest BCUT2D eigenvalue weighted by Gasteiger charge is -2.32. The lowest BCUT2D eigenvalue weighted by molar-refractivity contribution is 0.192. The van der Waals surface area contributed by atoms with Crippen LogP contribution in [0.5, 0.6) is 11.5 Å². The fourth-order valence-corrected chi connectivity index (χ4v) is 4.72. The average Bonchev–Trinajstić information content (AvgIpc) is 2.78. The lowest BCUT2D eigenvalue weighted by Crippen LogP contribution is -2.40. The predicted molar refractivity (Wildman–Crippen MR) is 119 cm³/mol. The van der Waals surface area contributed by atoms with Gasteiger partial charge in [0.15, 0.2) is 0 Å². The van der Waals surface area contributed by atoms with Crippen LogP contribution in [0.4, 0.5) is 0 Å². The molecule has 1 unspecified atom stereocenters. The number of hydrogen-bond acceptors (Lipinski definition) is 5. The Morgan fingerprint density at radius 2 is 1.67 bits per heavy atom.